The third kappa shape index (κ3) is 1.56. The van der Waals surface area contributed by atoms with Gasteiger partial charge in [0.05, 0.1) is 7.11 Å². The van der Waals surface area contributed by atoms with E-state index in [0.717, 1.165) is 11.3 Å². The van der Waals surface area contributed by atoms with E-state index in [1.54, 1.807) is 7.11 Å². The molecule has 0 aliphatic rings. The van der Waals surface area contributed by atoms with Crippen LogP contribution in [0.5, 0.6) is 0 Å². The molecule has 0 fully saturated rings. The van der Waals surface area contributed by atoms with Gasteiger partial charge in [0.2, 0.25) is 5.90 Å². The van der Waals surface area contributed by atoms with E-state index in [1.807, 2.05) is 19.2 Å². The van der Waals surface area contributed by atoms with E-state index in [-0.39, 0.29) is 0 Å². The summed E-state index contributed by atoms with van der Waals surface area (Å²) in [5, 5.41) is 0. The van der Waals surface area contributed by atoms with Gasteiger partial charge in [-0.2, -0.15) is 0 Å². The van der Waals surface area contributed by atoms with Gasteiger partial charge in [-0.25, -0.2) is 4.99 Å². The third-order valence-electron chi connectivity index (χ3n) is 1.57. The summed E-state index contributed by atoms with van der Waals surface area (Å²) in [5.41, 5.74) is 2.01. The van der Waals surface area contributed by atoms with Crippen molar-refractivity contribution in [1.82, 2.24) is 4.98 Å². The van der Waals surface area contributed by atoms with E-state index in [0.29, 0.717) is 5.90 Å². The maximum absolute atomic E-state index is 5.06. The Hall–Kier alpha value is -1.51. The molecule has 1 rings (SSSR count). The SMILES string of the molecule is C=CN=C(OC)c1[nH]ccc1C. The first kappa shape index (κ1) is 8.59. The molecule has 0 aliphatic heterocycles. The molecule has 1 N–H and O–H groups in total. The van der Waals surface area contributed by atoms with Crippen LogP contribution in [0.25, 0.3) is 0 Å². The zero-order valence-corrected chi connectivity index (χ0v) is 7.29. The van der Waals surface area contributed by atoms with Crippen molar-refractivity contribution in [2.45, 2.75) is 6.92 Å². The molecule has 12 heavy (non-hydrogen) atoms. The molecule has 1 aromatic rings. The Bertz CT molecular complexity index is 299. The standard InChI is InChI=1S/C9H12N2O/c1-4-10-9(12-3)8-7(2)5-6-11-8/h4-6,11H,1H2,2-3H3. The van der Waals surface area contributed by atoms with Gasteiger partial charge < -0.3 is 9.72 Å². The number of nitrogens with one attached hydrogen (secondary N) is 1. The minimum atomic E-state index is 0.563. The lowest BCUT2D eigenvalue weighted by Gasteiger charge is -2.01. The monoisotopic (exact) mass is 164 g/mol. The molecule has 0 atom stereocenters. The molecule has 64 valence electrons. The maximum atomic E-state index is 5.06. The number of ether oxygens (including phenoxy) is 1. The summed E-state index contributed by atoms with van der Waals surface area (Å²) in [6.07, 6.45) is 3.31. The van der Waals surface area contributed by atoms with Crippen LogP contribution >= 0.6 is 0 Å². The van der Waals surface area contributed by atoms with Crippen molar-refractivity contribution in [3.63, 3.8) is 0 Å². The van der Waals surface area contributed by atoms with Crippen LogP contribution in [0, 0.1) is 6.92 Å². The number of methoxy groups -OCH3 is 1. The average Bonchev–Trinajstić information content (AvgIpc) is 2.47. The van der Waals surface area contributed by atoms with Crippen molar-refractivity contribution in [3.8, 4) is 0 Å². The maximum Gasteiger partial charge on any atom is 0.237 e. The lowest BCUT2D eigenvalue weighted by molar-refractivity contribution is 0.403. The molecule has 0 aliphatic carbocycles. The molecule has 0 amide bonds. The number of hydrogen-bond donors (Lipinski definition) is 1. The van der Waals surface area contributed by atoms with Crippen molar-refractivity contribution in [2.24, 2.45) is 4.99 Å². The van der Waals surface area contributed by atoms with Crippen LogP contribution in [0.4, 0.5) is 0 Å². The number of aromatic nitrogens is 1. The van der Waals surface area contributed by atoms with Crippen LogP contribution in [-0.4, -0.2) is 18.0 Å². The van der Waals surface area contributed by atoms with E-state index in [2.05, 4.69) is 16.6 Å². The number of nitrogens with zero attached hydrogens (tertiary/aromatic N) is 1. The van der Waals surface area contributed by atoms with Gasteiger partial charge >= 0.3 is 0 Å². The second kappa shape index (κ2) is 3.76. The summed E-state index contributed by atoms with van der Waals surface area (Å²) in [5.74, 6) is 0.563. The predicted molar refractivity (Wildman–Crippen MR) is 49.3 cm³/mol. The van der Waals surface area contributed by atoms with Crippen molar-refractivity contribution < 1.29 is 4.74 Å². The smallest absolute Gasteiger partial charge is 0.237 e. The Kier molecular flexibility index (Phi) is 2.69. The van der Waals surface area contributed by atoms with Gasteiger partial charge in [-0.1, -0.05) is 6.58 Å². The molecule has 0 aromatic carbocycles. The first-order chi connectivity index (χ1) is 5.79. The highest BCUT2D eigenvalue weighted by Crippen LogP contribution is 2.06. The highest BCUT2D eigenvalue weighted by molar-refractivity contribution is 5.93. The van der Waals surface area contributed by atoms with Crippen LogP contribution in [-0.2, 0) is 4.74 Å². The molecule has 0 spiro atoms. The number of rotatable bonds is 2. The number of H-pyrrole nitrogens is 1. The number of aryl methyl sites for hydroxylation is 1. The fourth-order valence-corrected chi connectivity index (χ4v) is 0.980. The molecule has 0 unspecified atom stereocenters. The van der Waals surface area contributed by atoms with E-state index in [4.69, 9.17) is 4.74 Å². The Morgan fingerprint density at radius 2 is 2.50 bits per heavy atom. The van der Waals surface area contributed by atoms with Crippen molar-refractivity contribution in [2.75, 3.05) is 7.11 Å². The van der Waals surface area contributed by atoms with Crippen LogP contribution in [0.3, 0.4) is 0 Å². The molecule has 0 saturated heterocycles. The van der Waals surface area contributed by atoms with Gasteiger partial charge in [-0.05, 0) is 18.6 Å². The molecule has 1 aromatic heterocycles. The highest BCUT2D eigenvalue weighted by Gasteiger charge is 2.06. The Morgan fingerprint density at radius 3 is 2.92 bits per heavy atom. The summed E-state index contributed by atoms with van der Waals surface area (Å²) in [6.45, 7) is 5.50. The summed E-state index contributed by atoms with van der Waals surface area (Å²) in [4.78, 5) is 7.01. The lowest BCUT2D eigenvalue weighted by atomic mass is 10.3. The first-order valence-electron chi connectivity index (χ1n) is 3.66. The first-order valence-corrected chi connectivity index (χ1v) is 3.66. The van der Waals surface area contributed by atoms with E-state index in [9.17, 15) is 0 Å². The number of aliphatic imine (C=N–C) groups is 1. The van der Waals surface area contributed by atoms with Crippen molar-refractivity contribution >= 4 is 5.90 Å². The summed E-state index contributed by atoms with van der Waals surface area (Å²) in [6, 6.07) is 1.97. The molecule has 3 heteroatoms. The number of aromatic amines is 1. The zero-order valence-electron chi connectivity index (χ0n) is 7.29. The van der Waals surface area contributed by atoms with Gasteiger partial charge in [0, 0.05) is 12.4 Å². The third-order valence-corrected chi connectivity index (χ3v) is 1.57. The van der Waals surface area contributed by atoms with Crippen LogP contribution in [0.1, 0.15) is 11.3 Å². The van der Waals surface area contributed by atoms with Gasteiger partial charge in [-0.3, -0.25) is 0 Å². The second-order valence-electron chi connectivity index (χ2n) is 2.36. The molecular formula is C9H12N2O. The molecule has 0 bridgehead atoms. The Morgan fingerprint density at radius 1 is 1.75 bits per heavy atom. The quantitative estimate of drug-likeness (QED) is 0.525. The Balaban J connectivity index is 3.02. The average molecular weight is 164 g/mol. The minimum Gasteiger partial charge on any atom is -0.480 e. The molecule has 0 saturated carbocycles. The predicted octanol–water partition coefficient (Wildman–Crippen LogP) is 1.86. The largest absolute Gasteiger partial charge is 0.480 e. The minimum absolute atomic E-state index is 0.563. The molecule has 3 nitrogen and oxygen atoms in total. The lowest BCUT2D eigenvalue weighted by Crippen LogP contribution is -2.04. The van der Waals surface area contributed by atoms with Crippen molar-refractivity contribution in [3.05, 3.63) is 36.3 Å². The van der Waals surface area contributed by atoms with E-state index >= 15 is 0 Å². The van der Waals surface area contributed by atoms with Gasteiger partial charge in [-0.15, -0.1) is 0 Å². The van der Waals surface area contributed by atoms with E-state index in [1.165, 1.54) is 6.20 Å². The fraction of sp³-hybridized carbons (Fsp3) is 0.222. The van der Waals surface area contributed by atoms with Crippen LogP contribution in [0.2, 0.25) is 0 Å². The molecule has 0 radical (unpaired) electrons. The number of hydrogen-bond acceptors (Lipinski definition) is 2. The molecular weight excluding hydrogens is 152 g/mol. The van der Waals surface area contributed by atoms with Crippen LogP contribution < -0.4 is 0 Å². The summed E-state index contributed by atoms with van der Waals surface area (Å²) < 4.78 is 5.06. The summed E-state index contributed by atoms with van der Waals surface area (Å²) >= 11 is 0. The topological polar surface area (TPSA) is 37.4 Å². The van der Waals surface area contributed by atoms with Gasteiger partial charge in [0.15, 0.2) is 0 Å². The van der Waals surface area contributed by atoms with Crippen molar-refractivity contribution in [1.29, 1.82) is 0 Å². The second-order valence-corrected chi connectivity index (χ2v) is 2.36. The van der Waals surface area contributed by atoms with Crippen LogP contribution in [0.15, 0.2) is 30.0 Å². The highest BCUT2D eigenvalue weighted by atomic mass is 16.5. The normalized spacial score (nSPS) is 11.3. The molecule has 1 heterocycles. The Labute approximate surface area is 71.8 Å². The zero-order chi connectivity index (χ0) is 8.97. The summed E-state index contributed by atoms with van der Waals surface area (Å²) in [7, 11) is 1.59. The van der Waals surface area contributed by atoms with Gasteiger partial charge in [0.1, 0.15) is 5.69 Å². The fourth-order valence-electron chi connectivity index (χ4n) is 0.980. The van der Waals surface area contributed by atoms with E-state index < -0.39 is 0 Å². The van der Waals surface area contributed by atoms with Gasteiger partial charge in [0.25, 0.3) is 0 Å².